The average Bonchev–Trinajstić information content (AvgIpc) is 2.91. The Morgan fingerprint density at radius 3 is 2.94 bits per heavy atom. The van der Waals surface area contributed by atoms with Crippen molar-refractivity contribution in [1.29, 1.82) is 0 Å². The lowest BCUT2D eigenvalue weighted by Crippen LogP contribution is -2.22. The summed E-state index contributed by atoms with van der Waals surface area (Å²) in [7, 11) is 0. The van der Waals surface area contributed by atoms with E-state index in [1.807, 2.05) is 12.3 Å². The number of fused-ring (bicyclic) bond motifs is 1. The molecule has 0 saturated heterocycles. The molecule has 0 atom stereocenters. The first-order valence-electron chi connectivity index (χ1n) is 5.61. The van der Waals surface area contributed by atoms with Crippen LogP contribution < -0.4 is 5.73 Å². The summed E-state index contributed by atoms with van der Waals surface area (Å²) >= 11 is 0. The molecule has 88 valence electrons. The molecule has 0 saturated carbocycles. The first-order chi connectivity index (χ1) is 8.31. The van der Waals surface area contributed by atoms with Crippen molar-refractivity contribution >= 4 is 5.95 Å². The number of aromatic nitrogens is 4. The maximum atomic E-state index is 5.46. The van der Waals surface area contributed by atoms with Crippen molar-refractivity contribution in [3.05, 3.63) is 35.9 Å². The smallest absolute Gasteiger partial charge is 0.239 e. The van der Waals surface area contributed by atoms with Gasteiger partial charge in [-0.15, -0.1) is 5.10 Å². The molecule has 2 aromatic heterocycles. The van der Waals surface area contributed by atoms with Gasteiger partial charge in [0.05, 0.1) is 12.2 Å². The van der Waals surface area contributed by atoms with Crippen LogP contribution >= 0.6 is 0 Å². The highest BCUT2D eigenvalue weighted by Crippen LogP contribution is 2.19. The Morgan fingerprint density at radius 2 is 2.18 bits per heavy atom. The largest absolute Gasteiger partial charge is 0.367 e. The molecule has 0 unspecified atom stereocenters. The third-order valence-corrected chi connectivity index (χ3v) is 2.95. The summed E-state index contributed by atoms with van der Waals surface area (Å²) in [5.41, 5.74) is 7.97. The molecule has 3 heterocycles. The Kier molecular flexibility index (Phi) is 2.49. The summed E-state index contributed by atoms with van der Waals surface area (Å²) < 4.78 is 1.77. The third kappa shape index (κ3) is 2.12. The quantitative estimate of drug-likeness (QED) is 0.819. The summed E-state index contributed by atoms with van der Waals surface area (Å²) in [6, 6.07) is 4.12. The van der Waals surface area contributed by atoms with Crippen molar-refractivity contribution < 1.29 is 0 Å². The molecule has 0 aliphatic carbocycles. The van der Waals surface area contributed by atoms with Gasteiger partial charge in [0.25, 0.3) is 0 Å². The Hall–Kier alpha value is -1.95. The fourth-order valence-electron chi connectivity index (χ4n) is 2.09. The second-order valence-corrected chi connectivity index (χ2v) is 4.19. The maximum absolute atomic E-state index is 5.46. The Balaban J connectivity index is 1.59. The monoisotopic (exact) mass is 230 g/mol. The lowest BCUT2D eigenvalue weighted by Gasteiger charge is -2.13. The fraction of sp³-hybridized carbons (Fsp3) is 0.364. The van der Waals surface area contributed by atoms with E-state index in [-0.39, 0.29) is 0 Å². The molecule has 0 bridgehead atoms. The molecular weight excluding hydrogens is 216 g/mol. The van der Waals surface area contributed by atoms with Gasteiger partial charge in [0.15, 0.2) is 0 Å². The maximum Gasteiger partial charge on any atom is 0.239 e. The number of nitrogen functional groups attached to an aromatic ring is 1. The topological polar surface area (TPSA) is 72.9 Å². The zero-order chi connectivity index (χ0) is 11.7. The van der Waals surface area contributed by atoms with Gasteiger partial charge < -0.3 is 5.73 Å². The number of hydrogen-bond acceptors (Lipinski definition) is 5. The summed E-state index contributed by atoms with van der Waals surface area (Å²) in [5, 5.41) is 4.06. The standard InChI is InChI=1S/C11H14N6/c12-11-14-8-17(15-11)5-4-16-6-9-2-1-3-13-10(9)7-16/h1-3,8H,4-7H2,(H2,12,15). The fourth-order valence-corrected chi connectivity index (χ4v) is 2.09. The van der Waals surface area contributed by atoms with Crippen molar-refractivity contribution in [2.45, 2.75) is 19.6 Å². The van der Waals surface area contributed by atoms with Gasteiger partial charge in [0, 0.05) is 25.8 Å². The van der Waals surface area contributed by atoms with Crippen molar-refractivity contribution in [1.82, 2.24) is 24.6 Å². The predicted octanol–water partition coefficient (Wildman–Crippen LogP) is 0.271. The summed E-state index contributed by atoms with van der Waals surface area (Å²) in [6.07, 6.45) is 3.51. The van der Waals surface area contributed by atoms with Crippen LogP contribution in [-0.2, 0) is 19.6 Å². The van der Waals surface area contributed by atoms with Crippen molar-refractivity contribution in [3.8, 4) is 0 Å². The number of nitrogens with two attached hydrogens (primary N) is 1. The van der Waals surface area contributed by atoms with Crippen LogP contribution in [0, 0.1) is 0 Å². The molecule has 0 radical (unpaired) electrons. The number of hydrogen-bond donors (Lipinski definition) is 1. The second kappa shape index (κ2) is 4.14. The minimum atomic E-state index is 0.330. The third-order valence-electron chi connectivity index (χ3n) is 2.95. The number of nitrogens with zero attached hydrogens (tertiary/aromatic N) is 5. The first kappa shape index (κ1) is 10.2. The van der Waals surface area contributed by atoms with E-state index in [9.17, 15) is 0 Å². The molecule has 1 aliphatic rings. The van der Waals surface area contributed by atoms with Crippen molar-refractivity contribution in [2.75, 3.05) is 12.3 Å². The minimum Gasteiger partial charge on any atom is -0.367 e. The van der Waals surface area contributed by atoms with Crippen LogP contribution in [0.5, 0.6) is 0 Å². The van der Waals surface area contributed by atoms with Crippen molar-refractivity contribution in [3.63, 3.8) is 0 Å². The molecule has 17 heavy (non-hydrogen) atoms. The highest BCUT2D eigenvalue weighted by molar-refractivity contribution is 5.23. The van der Waals surface area contributed by atoms with Crippen LogP contribution in [0.3, 0.4) is 0 Å². The van der Waals surface area contributed by atoms with Gasteiger partial charge in [-0.2, -0.15) is 0 Å². The van der Waals surface area contributed by atoms with Crippen molar-refractivity contribution in [2.24, 2.45) is 0 Å². The van der Waals surface area contributed by atoms with Gasteiger partial charge in [0.1, 0.15) is 6.33 Å². The molecule has 6 heteroatoms. The lowest BCUT2D eigenvalue weighted by molar-refractivity contribution is 0.265. The van der Waals surface area contributed by atoms with Crippen LogP contribution in [0.25, 0.3) is 0 Å². The van der Waals surface area contributed by atoms with Crippen LogP contribution in [0.2, 0.25) is 0 Å². The Bertz CT molecular complexity index is 495. The predicted molar refractivity (Wildman–Crippen MR) is 62.8 cm³/mol. The van der Waals surface area contributed by atoms with Gasteiger partial charge in [0.2, 0.25) is 5.95 Å². The number of anilines is 1. The second-order valence-electron chi connectivity index (χ2n) is 4.19. The van der Waals surface area contributed by atoms with Crippen LogP contribution in [0.1, 0.15) is 11.3 Å². The molecule has 0 spiro atoms. The van der Waals surface area contributed by atoms with Gasteiger partial charge >= 0.3 is 0 Å². The summed E-state index contributed by atoms with van der Waals surface area (Å²) in [4.78, 5) is 10.6. The summed E-state index contributed by atoms with van der Waals surface area (Å²) in [5.74, 6) is 0.330. The normalized spacial score (nSPS) is 15.1. The molecule has 2 N–H and O–H groups in total. The van der Waals surface area contributed by atoms with Crippen LogP contribution in [0.4, 0.5) is 5.95 Å². The van der Waals surface area contributed by atoms with E-state index in [1.165, 1.54) is 11.3 Å². The Labute approximate surface area is 99.1 Å². The molecule has 3 rings (SSSR count). The van der Waals surface area contributed by atoms with E-state index in [0.29, 0.717) is 5.95 Å². The van der Waals surface area contributed by atoms with Gasteiger partial charge in [-0.3, -0.25) is 9.88 Å². The summed E-state index contributed by atoms with van der Waals surface area (Å²) in [6.45, 7) is 3.62. The zero-order valence-electron chi connectivity index (χ0n) is 9.45. The zero-order valence-corrected chi connectivity index (χ0v) is 9.45. The molecule has 6 nitrogen and oxygen atoms in total. The van der Waals surface area contributed by atoms with E-state index >= 15 is 0 Å². The molecule has 0 aromatic carbocycles. The molecule has 0 fully saturated rings. The van der Waals surface area contributed by atoms with E-state index in [0.717, 1.165) is 26.2 Å². The first-order valence-corrected chi connectivity index (χ1v) is 5.61. The van der Waals surface area contributed by atoms with Gasteiger partial charge in [-0.1, -0.05) is 6.07 Å². The van der Waals surface area contributed by atoms with E-state index < -0.39 is 0 Å². The number of rotatable bonds is 3. The molecule has 0 amide bonds. The van der Waals surface area contributed by atoms with E-state index in [1.54, 1.807) is 11.0 Å². The van der Waals surface area contributed by atoms with E-state index in [4.69, 9.17) is 5.73 Å². The highest BCUT2D eigenvalue weighted by atomic mass is 15.4. The van der Waals surface area contributed by atoms with Gasteiger partial charge in [-0.05, 0) is 11.6 Å². The van der Waals surface area contributed by atoms with Gasteiger partial charge in [-0.25, -0.2) is 9.67 Å². The highest BCUT2D eigenvalue weighted by Gasteiger charge is 2.18. The minimum absolute atomic E-state index is 0.330. The SMILES string of the molecule is Nc1ncn(CCN2Cc3cccnc3C2)n1. The number of pyridine rings is 1. The average molecular weight is 230 g/mol. The van der Waals surface area contributed by atoms with Crippen LogP contribution in [0.15, 0.2) is 24.7 Å². The molecular formula is C11H14N6. The molecule has 1 aliphatic heterocycles. The van der Waals surface area contributed by atoms with Crippen LogP contribution in [-0.4, -0.2) is 31.2 Å². The Morgan fingerprint density at radius 1 is 1.24 bits per heavy atom. The molecule has 2 aromatic rings. The lowest BCUT2D eigenvalue weighted by atomic mass is 10.2. The van der Waals surface area contributed by atoms with E-state index in [2.05, 4.69) is 26.0 Å².